The summed E-state index contributed by atoms with van der Waals surface area (Å²) in [5.41, 5.74) is 0. The number of hydrogen-bond acceptors (Lipinski definition) is 3. The summed E-state index contributed by atoms with van der Waals surface area (Å²) in [7, 11) is 0. The molecule has 1 N–H and O–H groups in total. The van der Waals surface area contributed by atoms with Gasteiger partial charge in [-0.2, -0.15) is 0 Å². The van der Waals surface area contributed by atoms with E-state index < -0.39 is 0 Å². The first-order valence-electron chi connectivity index (χ1n) is 7.48. The zero-order chi connectivity index (χ0) is 12.4. The third kappa shape index (κ3) is 2.54. The molecule has 0 radical (unpaired) electrons. The molecule has 3 atom stereocenters. The molecule has 3 fully saturated rings. The fourth-order valence-electron chi connectivity index (χ4n) is 3.59. The maximum absolute atomic E-state index is 12.2. The molecule has 0 aliphatic carbocycles. The lowest BCUT2D eigenvalue weighted by Crippen LogP contribution is -2.41. The molecule has 102 valence electrons. The first kappa shape index (κ1) is 12.4. The third-order valence-corrected chi connectivity index (χ3v) is 4.61. The molecular formula is C14H24N2O2. The fraction of sp³-hybridized carbons (Fsp3) is 0.929. The first-order chi connectivity index (χ1) is 8.84. The number of nitrogens with one attached hydrogen (secondary N) is 1. The second-order valence-electron chi connectivity index (χ2n) is 5.87. The second-order valence-corrected chi connectivity index (χ2v) is 5.87. The van der Waals surface area contributed by atoms with Gasteiger partial charge in [0.15, 0.2) is 0 Å². The topological polar surface area (TPSA) is 41.6 Å². The fourth-order valence-corrected chi connectivity index (χ4v) is 3.59. The normalized spacial score (nSPS) is 36.1. The molecule has 0 aromatic carbocycles. The lowest BCUT2D eigenvalue weighted by atomic mass is 9.94. The van der Waals surface area contributed by atoms with Crippen molar-refractivity contribution in [1.82, 2.24) is 10.2 Å². The molecule has 3 aliphatic heterocycles. The number of likely N-dealkylation sites (tertiary alicyclic amines) is 1. The van der Waals surface area contributed by atoms with Crippen LogP contribution in [0.5, 0.6) is 0 Å². The minimum absolute atomic E-state index is 0.265. The van der Waals surface area contributed by atoms with Crippen molar-refractivity contribution in [3.8, 4) is 0 Å². The van der Waals surface area contributed by atoms with Gasteiger partial charge in [0, 0.05) is 25.7 Å². The van der Waals surface area contributed by atoms with Gasteiger partial charge in [-0.1, -0.05) is 0 Å². The monoisotopic (exact) mass is 252 g/mol. The lowest BCUT2D eigenvalue weighted by molar-refractivity contribution is -0.131. The van der Waals surface area contributed by atoms with Crippen molar-refractivity contribution in [2.45, 2.75) is 50.7 Å². The Labute approximate surface area is 109 Å². The van der Waals surface area contributed by atoms with Crippen molar-refractivity contribution in [1.29, 1.82) is 0 Å². The highest BCUT2D eigenvalue weighted by Gasteiger charge is 2.40. The lowest BCUT2D eigenvalue weighted by Gasteiger charge is -2.23. The summed E-state index contributed by atoms with van der Waals surface area (Å²) in [6, 6.07) is 0.425. The van der Waals surface area contributed by atoms with Crippen molar-refractivity contribution in [3.05, 3.63) is 0 Å². The molecule has 0 aromatic heterocycles. The van der Waals surface area contributed by atoms with E-state index in [0.29, 0.717) is 18.1 Å². The summed E-state index contributed by atoms with van der Waals surface area (Å²) < 4.78 is 5.62. The van der Waals surface area contributed by atoms with Crippen LogP contribution in [0, 0.1) is 5.92 Å². The van der Waals surface area contributed by atoms with Crippen molar-refractivity contribution < 1.29 is 9.53 Å². The van der Waals surface area contributed by atoms with E-state index >= 15 is 0 Å². The standard InChI is InChI=1S/C14H24N2O2/c17-14-12-6-1-7-15-13(12)10-16(14)8-2-4-11-5-3-9-18-11/h11-13,15H,1-10H2. The number of hydrogen-bond donors (Lipinski definition) is 1. The number of fused-ring (bicyclic) bond motifs is 1. The molecule has 0 aromatic rings. The van der Waals surface area contributed by atoms with Crippen LogP contribution >= 0.6 is 0 Å². The van der Waals surface area contributed by atoms with Gasteiger partial charge in [-0.05, 0) is 45.1 Å². The van der Waals surface area contributed by atoms with Crippen LogP contribution in [0.4, 0.5) is 0 Å². The predicted molar refractivity (Wildman–Crippen MR) is 69.3 cm³/mol. The van der Waals surface area contributed by atoms with Gasteiger partial charge in [0.1, 0.15) is 0 Å². The zero-order valence-electron chi connectivity index (χ0n) is 11.1. The molecule has 3 heterocycles. The van der Waals surface area contributed by atoms with Gasteiger partial charge in [0.25, 0.3) is 0 Å². The predicted octanol–water partition coefficient (Wildman–Crippen LogP) is 1.16. The molecular weight excluding hydrogens is 228 g/mol. The molecule has 3 aliphatic rings. The molecule has 3 saturated heterocycles. The van der Waals surface area contributed by atoms with Gasteiger partial charge in [0.05, 0.1) is 12.0 Å². The quantitative estimate of drug-likeness (QED) is 0.816. The highest BCUT2D eigenvalue weighted by Crippen LogP contribution is 2.27. The number of carbonyl (C=O) groups excluding carboxylic acids is 1. The minimum Gasteiger partial charge on any atom is -0.378 e. The summed E-state index contributed by atoms with van der Waals surface area (Å²) in [6.07, 6.45) is 7.32. The van der Waals surface area contributed by atoms with Gasteiger partial charge in [-0.15, -0.1) is 0 Å². The number of carbonyl (C=O) groups is 1. The van der Waals surface area contributed by atoms with Gasteiger partial charge in [-0.3, -0.25) is 4.79 Å². The van der Waals surface area contributed by atoms with E-state index in [1.807, 2.05) is 0 Å². The molecule has 1 amide bonds. The molecule has 18 heavy (non-hydrogen) atoms. The van der Waals surface area contributed by atoms with E-state index in [2.05, 4.69) is 10.2 Å². The van der Waals surface area contributed by atoms with E-state index in [1.54, 1.807) is 0 Å². The van der Waals surface area contributed by atoms with E-state index in [4.69, 9.17) is 4.74 Å². The van der Waals surface area contributed by atoms with Crippen LogP contribution in [-0.4, -0.2) is 49.2 Å². The Kier molecular flexibility index (Phi) is 3.85. The Hall–Kier alpha value is -0.610. The Balaban J connectivity index is 1.43. The van der Waals surface area contributed by atoms with Crippen LogP contribution in [0.25, 0.3) is 0 Å². The average Bonchev–Trinajstić information content (AvgIpc) is 3.00. The van der Waals surface area contributed by atoms with Crippen LogP contribution in [0.15, 0.2) is 0 Å². The molecule has 0 saturated carbocycles. The number of rotatable bonds is 4. The summed E-state index contributed by atoms with van der Waals surface area (Å²) in [5, 5.41) is 3.49. The van der Waals surface area contributed by atoms with Crippen molar-refractivity contribution >= 4 is 5.91 Å². The van der Waals surface area contributed by atoms with E-state index in [1.165, 1.54) is 12.8 Å². The molecule has 0 bridgehead atoms. The van der Waals surface area contributed by atoms with Crippen LogP contribution in [0.2, 0.25) is 0 Å². The van der Waals surface area contributed by atoms with Gasteiger partial charge in [-0.25, -0.2) is 0 Å². The zero-order valence-corrected chi connectivity index (χ0v) is 11.1. The smallest absolute Gasteiger partial charge is 0.227 e. The van der Waals surface area contributed by atoms with Crippen LogP contribution < -0.4 is 5.32 Å². The average molecular weight is 252 g/mol. The van der Waals surface area contributed by atoms with Crippen LogP contribution in [0.3, 0.4) is 0 Å². The molecule has 0 spiro atoms. The highest BCUT2D eigenvalue weighted by molar-refractivity contribution is 5.82. The Morgan fingerprint density at radius 2 is 2.28 bits per heavy atom. The van der Waals surface area contributed by atoms with Gasteiger partial charge < -0.3 is 15.0 Å². The highest BCUT2D eigenvalue weighted by atomic mass is 16.5. The van der Waals surface area contributed by atoms with E-state index in [0.717, 1.165) is 51.9 Å². The van der Waals surface area contributed by atoms with Crippen molar-refractivity contribution in [2.75, 3.05) is 26.2 Å². The van der Waals surface area contributed by atoms with Gasteiger partial charge in [0.2, 0.25) is 5.91 Å². The molecule has 3 unspecified atom stereocenters. The van der Waals surface area contributed by atoms with Crippen LogP contribution in [0.1, 0.15) is 38.5 Å². The number of amides is 1. The Bertz CT molecular complexity index is 302. The summed E-state index contributed by atoms with van der Waals surface area (Å²) in [4.78, 5) is 14.3. The third-order valence-electron chi connectivity index (χ3n) is 4.61. The number of nitrogens with zero attached hydrogens (tertiary/aromatic N) is 1. The SMILES string of the molecule is O=C1C2CCCNC2CN1CCCC1CCCO1. The Morgan fingerprint density at radius 1 is 1.33 bits per heavy atom. The first-order valence-corrected chi connectivity index (χ1v) is 7.48. The number of piperidine rings is 1. The maximum atomic E-state index is 12.2. The minimum atomic E-state index is 0.265. The van der Waals surface area contributed by atoms with Crippen molar-refractivity contribution in [2.24, 2.45) is 5.92 Å². The van der Waals surface area contributed by atoms with E-state index in [9.17, 15) is 4.79 Å². The summed E-state index contributed by atoms with van der Waals surface area (Å²) in [6.45, 7) is 3.86. The van der Waals surface area contributed by atoms with Crippen molar-refractivity contribution in [3.63, 3.8) is 0 Å². The molecule has 4 heteroatoms. The number of ether oxygens (including phenoxy) is 1. The van der Waals surface area contributed by atoms with Gasteiger partial charge >= 0.3 is 0 Å². The largest absolute Gasteiger partial charge is 0.378 e. The van der Waals surface area contributed by atoms with Crippen LogP contribution in [-0.2, 0) is 9.53 Å². The Morgan fingerprint density at radius 3 is 3.06 bits per heavy atom. The maximum Gasteiger partial charge on any atom is 0.227 e. The molecule has 3 rings (SSSR count). The molecule has 4 nitrogen and oxygen atoms in total. The summed E-state index contributed by atoms with van der Waals surface area (Å²) >= 11 is 0. The second kappa shape index (κ2) is 5.57. The summed E-state index contributed by atoms with van der Waals surface area (Å²) in [5.74, 6) is 0.654. The van der Waals surface area contributed by atoms with E-state index in [-0.39, 0.29) is 5.92 Å².